The van der Waals surface area contributed by atoms with E-state index in [9.17, 15) is 14.4 Å². The van der Waals surface area contributed by atoms with Gasteiger partial charge in [-0.2, -0.15) is 8.42 Å². The fourth-order valence-electron chi connectivity index (χ4n) is 3.60. The Balaban J connectivity index is 0.00000104. The molecule has 1 saturated heterocycles. The average Bonchev–Trinajstić information content (AvgIpc) is 3.25. The van der Waals surface area contributed by atoms with Gasteiger partial charge in [-0.25, -0.2) is 0 Å². The van der Waals surface area contributed by atoms with Gasteiger partial charge in [0.2, 0.25) is 11.8 Å². The number of likely N-dealkylation sites (N-methyl/N-ethyl adjacent to an activating group) is 1. The zero-order chi connectivity index (χ0) is 25.7. The highest BCUT2D eigenvalue weighted by Crippen LogP contribution is 2.25. The molecule has 34 heavy (non-hydrogen) atoms. The van der Waals surface area contributed by atoms with Crippen LogP contribution in [0.4, 0.5) is 5.69 Å². The van der Waals surface area contributed by atoms with Crippen LogP contribution in [0.3, 0.4) is 0 Å². The van der Waals surface area contributed by atoms with Crippen LogP contribution in [0.2, 0.25) is 0 Å². The van der Waals surface area contributed by atoms with Crippen LogP contribution in [0.5, 0.6) is 0 Å². The second-order valence-corrected chi connectivity index (χ2v) is 8.35. The number of anilines is 1. The molecule has 2 amide bonds. The van der Waals surface area contributed by atoms with Crippen molar-refractivity contribution in [2.24, 2.45) is 5.73 Å². The summed E-state index contributed by atoms with van der Waals surface area (Å²) in [6.45, 7) is 1.14. The van der Waals surface area contributed by atoms with Crippen molar-refractivity contribution in [2.45, 2.75) is 37.8 Å². The van der Waals surface area contributed by atoms with E-state index >= 15 is 0 Å². The molecule has 1 aliphatic heterocycles. The minimum Gasteiger partial charge on any atom is -0.370 e. The number of nitrogens with two attached hydrogens (primary N) is 1. The molecule has 0 aromatic heterocycles. The molecule has 0 spiro atoms. The minimum atomic E-state index is -4.67. The number of rotatable bonds is 10. The zero-order valence-electron chi connectivity index (χ0n) is 18.9. The molecule has 1 fully saturated rings. The number of hydrogen-bond acceptors (Lipinski definition) is 7. The van der Waals surface area contributed by atoms with Crippen molar-refractivity contribution in [2.75, 3.05) is 31.6 Å². The third-order valence-corrected chi connectivity index (χ3v) is 4.94. The molecule has 1 aliphatic rings. The maximum atomic E-state index is 13.5. The minimum absolute atomic E-state index is 0.121. The number of aldehydes is 1. The van der Waals surface area contributed by atoms with Crippen LogP contribution < -0.4 is 21.3 Å². The van der Waals surface area contributed by atoms with E-state index in [4.69, 9.17) is 28.7 Å². The molecule has 0 bridgehead atoms. The van der Waals surface area contributed by atoms with Gasteiger partial charge in [-0.1, -0.05) is 18.2 Å². The summed E-state index contributed by atoms with van der Waals surface area (Å²) in [5, 5.41) is 12.8. The van der Waals surface area contributed by atoms with Crippen LogP contribution >= 0.6 is 0 Å². The van der Waals surface area contributed by atoms with E-state index in [0.29, 0.717) is 38.0 Å². The summed E-state index contributed by atoms with van der Waals surface area (Å²) in [4.78, 5) is 40.9. The molecule has 190 valence electrons. The van der Waals surface area contributed by atoms with Crippen molar-refractivity contribution in [1.82, 2.24) is 15.5 Å². The van der Waals surface area contributed by atoms with Crippen LogP contribution in [0.1, 0.15) is 25.7 Å². The van der Waals surface area contributed by atoms with E-state index in [-0.39, 0.29) is 24.3 Å². The van der Waals surface area contributed by atoms with Crippen molar-refractivity contribution in [3.63, 3.8) is 0 Å². The number of nitrogens with zero attached hydrogens (tertiary/aromatic N) is 2. The molecule has 0 unspecified atom stereocenters. The summed E-state index contributed by atoms with van der Waals surface area (Å²) < 4.78 is 31.6. The Morgan fingerprint density at radius 1 is 1.32 bits per heavy atom. The van der Waals surface area contributed by atoms with Gasteiger partial charge >= 0.3 is 10.4 Å². The highest BCUT2D eigenvalue weighted by Gasteiger charge is 2.38. The van der Waals surface area contributed by atoms with Crippen molar-refractivity contribution >= 4 is 40.1 Å². The molecule has 14 heteroatoms. The zero-order valence-corrected chi connectivity index (χ0v) is 19.7. The molecule has 0 radical (unpaired) electrons. The van der Waals surface area contributed by atoms with E-state index in [1.807, 2.05) is 18.2 Å². The average molecular weight is 501 g/mol. The molecule has 7 N–H and O–H groups in total. The quantitative estimate of drug-likeness (QED) is 0.0791. The van der Waals surface area contributed by atoms with Gasteiger partial charge < -0.3 is 31.0 Å². The van der Waals surface area contributed by atoms with E-state index in [2.05, 4.69) is 10.6 Å². The summed E-state index contributed by atoms with van der Waals surface area (Å²) in [6.07, 6.45) is 3.08. The highest BCUT2D eigenvalue weighted by molar-refractivity contribution is 7.79. The monoisotopic (exact) mass is 500 g/mol. The van der Waals surface area contributed by atoms with Gasteiger partial charge in [0.15, 0.2) is 5.96 Å². The summed E-state index contributed by atoms with van der Waals surface area (Å²) in [5.74, 6) is -0.493. The van der Waals surface area contributed by atoms with Gasteiger partial charge in [-0.15, -0.1) is 0 Å². The summed E-state index contributed by atoms with van der Waals surface area (Å²) >= 11 is 0. The Hall–Kier alpha value is -3.07. The number of para-hydroxylation sites is 1. The lowest BCUT2D eigenvalue weighted by atomic mass is 10.1. The Morgan fingerprint density at radius 2 is 1.94 bits per heavy atom. The molecule has 0 saturated carbocycles. The van der Waals surface area contributed by atoms with Crippen LogP contribution in [0.15, 0.2) is 30.3 Å². The first-order valence-corrected chi connectivity index (χ1v) is 11.9. The Bertz CT molecular complexity index is 921. The van der Waals surface area contributed by atoms with Gasteiger partial charge in [0.1, 0.15) is 12.3 Å². The first-order valence-electron chi connectivity index (χ1n) is 10.5. The normalized spacial score (nSPS) is 16.1. The number of carbonyl (C=O) groups is 3. The molecule has 2 atom stereocenters. The lowest BCUT2D eigenvalue weighted by molar-refractivity contribution is -0.137. The Morgan fingerprint density at radius 3 is 2.47 bits per heavy atom. The molecule has 1 aromatic carbocycles. The van der Waals surface area contributed by atoms with Crippen molar-refractivity contribution in [3.05, 3.63) is 30.3 Å². The number of carbonyl (C=O) groups excluding carboxylic acids is 3. The van der Waals surface area contributed by atoms with E-state index in [1.54, 1.807) is 24.1 Å². The molecule has 13 nitrogen and oxygen atoms in total. The van der Waals surface area contributed by atoms with Crippen LogP contribution in [0.25, 0.3) is 0 Å². The maximum Gasteiger partial charge on any atom is 0.394 e. The van der Waals surface area contributed by atoms with E-state index in [0.717, 1.165) is 12.7 Å². The van der Waals surface area contributed by atoms with Gasteiger partial charge in [0.05, 0.1) is 12.6 Å². The summed E-state index contributed by atoms with van der Waals surface area (Å²) in [6, 6.07) is 7.81. The smallest absolute Gasteiger partial charge is 0.370 e. The predicted molar refractivity (Wildman–Crippen MR) is 126 cm³/mol. The second-order valence-electron chi connectivity index (χ2n) is 7.45. The van der Waals surface area contributed by atoms with Crippen molar-refractivity contribution in [1.29, 1.82) is 5.41 Å². The largest absolute Gasteiger partial charge is 0.394 e. The van der Waals surface area contributed by atoms with Gasteiger partial charge in [0, 0.05) is 18.8 Å². The number of guanidine groups is 1. The highest BCUT2D eigenvalue weighted by atomic mass is 32.3. The molecule has 2 rings (SSSR count). The molecular formula is C20H32N6O7S. The number of benzene rings is 1. The van der Waals surface area contributed by atoms with Gasteiger partial charge in [-0.05, 0) is 44.9 Å². The molecule has 1 heterocycles. The first kappa shape index (κ1) is 29.0. The van der Waals surface area contributed by atoms with Crippen LogP contribution in [-0.4, -0.2) is 85.2 Å². The molecular weight excluding hydrogens is 468 g/mol. The summed E-state index contributed by atoms with van der Waals surface area (Å²) in [5.41, 5.74) is 5.91. The topological polar surface area (TPSA) is 206 Å². The lowest BCUT2D eigenvalue weighted by Gasteiger charge is -2.33. The lowest BCUT2D eigenvalue weighted by Crippen LogP contribution is -2.53. The molecule has 1 aromatic rings. The van der Waals surface area contributed by atoms with Crippen LogP contribution in [-0.2, 0) is 24.8 Å². The van der Waals surface area contributed by atoms with Crippen molar-refractivity contribution in [3.8, 4) is 0 Å². The van der Waals surface area contributed by atoms with E-state index < -0.39 is 22.5 Å². The SMILES string of the molecule is CNCC(=O)N1CCC[C@H]1C(=O)N(c1ccccc1)[C@H](C=O)CCCNC(=N)N.O=S(=O)(O)O. The van der Waals surface area contributed by atoms with Gasteiger partial charge in [-0.3, -0.25) is 24.1 Å². The third-order valence-electron chi connectivity index (χ3n) is 4.94. The Labute approximate surface area is 198 Å². The van der Waals surface area contributed by atoms with Gasteiger partial charge in [0.25, 0.3) is 0 Å². The third kappa shape index (κ3) is 10.2. The van der Waals surface area contributed by atoms with Crippen molar-refractivity contribution < 1.29 is 31.9 Å². The van der Waals surface area contributed by atoms with Crippen LogP contribution in [0, 0.1) is 5.41 Å². The second kappa shape index (κ2) is 14.2. The number of likely N-dealkylation sites (tertiary alicyclic amines) is 1. The molecule has 0 aliphatic carbocycles. The number of nitrogens with one attached hydrogen (secondary N) is 3. The fourth-order valence-corrected chi connectivity index (χ4v) is 3.60. The number of amides is 2. The fraction of sp³-hybridized carbons (Fsp3) is 0.500. The predicted octanol–water partition coefficient (Wildman–Crippen LogP) is -0.592. The summed E-state index contributed by atoms with van der Waals surface area (Å²) in [7, 11) is -2.97. The Kier molecular flexibility index (Phi) is 12.1. The maximum absolute atomic E-state index is 13.5. The number of hydrogen-bond donors (Lipinski definition) is 6. The van der Waals surface area contributed by atoms with E-state index in [1.165, 1.54) is 4.90 Å². The standard InChI is InChI=1S/C20H30N6O3.H2O4S/c1-23-13-18(28)25-12-6-10-17(25)19(29)26(15-7-3-2-4-8-15)16(14-27)9-5-11-24-20(21)22;1-5(2,3)4/h2-4,7-8,14,16-17,23H,5-6,9-13H2,1H3,(H4,21,22,24);(H2,1,2,3,4)/t16-,17-;/m0./s1. The first-order chi connectivity index (χ1) is 16.0.